The van der Waals surface area contributed by atoms with Gasteiger partial charge in [-0.25, -0.2) is 9.59 Å². The molecule has 0 aliphatic heterocycles. The molecule has 8 nitrogen and oxygen atoms in total. The number of aromatic nitrogens is 2. The first-order valence-electron chi connectivity index (χ1n) is 5.79. The third kappa shape index (κ3) is 3.30. The summed E-state index contributed by atoms with van der Waals surface area (Å²) in [6.07, 6.45) is 2.74. The van der Waals surface area contributed by atoms with Crippen molar-refractivity contribution in [1.29, 1.82) is 0 Å². The predicted octanol–water partition coefficient (Wildman–Crippen LogP) is -1.48. The van der Waals surface area contributed by atoms with E-state index in [-0.39, 0.29) is 12.5 Å². The molecule has 1 atom stereocenters. The topological polar surface area (TPSA) is 121 Å². The van der Waals surface area contributed by atoms with Crippen molar-refractivity contribution in [3.63, 3.8) is 0 Å². The van der Waals surface area contributed by atoms with Crippen LogP contribution in [0.5, 0.6) is 0 Å². The van der Waals surface area contributed by atoms with Gasteiger partial charge in [0.05, 0.1) is 0 Å². The Balaban J connectivity index is 2.02. The van der Waals surface area contributed by atoms with Crippen LogP contribution in [0, 0.1) is 5.92 Å². The van der Waals surface area contributed by atoms with Gasteiger partial charge in [0.25, 0.3) is 5.56 Å². The van der Waals surface area contributed by atoms with Crippen LogP contribution >= 0.6 is 0 Å². The lowest BCUT2D eigenvalue weighted by Gasteiger charge is -2.13. The van der Waals surface area contributed by atoms with Crippen molar-refractivity contribution in [2.24, 2.45) is 5.92 Å². The van der Waals surface area contributed by atoms with E-state index in [1.54, 1.807) is 0 Å². The summed E-state index contributed by atoms with van der Waals surface area (Å²) in [7, 11) is 0. The first kappa shape index (κ1) is 13.1. The van der Waals surface area contributed by atoms with Gasteiger partial charge in [-0.2, -0.15) is 0 Å². The number of nitrogens with one attached hydrogen (secondary N) is 2. The van der Waals surface area contributed by atoms with E-state index < -0.39 is 29.2 Å². The minimum atomic E-state index is -1.08. The third-order valence-corrected chi connectivity index (χ3v) is 2.89. The van der Waals surface area contributed by atoms with Gasteiger partial charge in [0.2, 0.25) is 5.91 Å². The van der Waals surface area contributed by atoms with E-state index in [9.17, 15) is 19.2 Å². The molecular formula is C11H13N3O5. The van der Waals surface area contributed by atoms with E-state index in [0.717, 1.165) is 23.5 Å². The minimum absolute atomic E-state index is 0.0336. The molecule has 1 amide bonds. The Bertz CT molecular complexity index is 613. The molecule has 0 aromatic carbocycles. The summed E-state index contributed by atoms with van der Waals surface area (Å²) < 4.78 is 1.00. The van der Waals surface area contributed by atoms with Gasteiger partial charge in [-0.05, 0) is 18.8 Å². The molecule has 0 saturated heterocycles. The lowest BCUT2D eigenvalue weighted by molar-refractivity contribution is -0.142. The average molecular weight is 267 g/mol. The second-order valence-electron chi connectivity index (χ2n) is 4.46. The van der Waals surface area contributed by atoms with E-state index in [4.69, 9.17) is 5.11 Å². The zero-order valence-electron chi connectivity index (χ0n) is 9.96. The number of carbonyl (C=O) groups excluding carboxylic acids is 1. The van der Waals surface area contributed by atoms with Crippen LogP contribution in [-0.4, -0.2) is 32.6 Å². The number of rotatable bonds is 5. The van der Waals surface area contributed by atoms with Crippen molar-refractivity contribution in [2.45, 2.75) is 25.4 Å². The minimum Gasteiger partial charge on any atom is -0.480 e. The maximum atomic E-state index is 11.7. The number of aliphatic carboxylic acids is 1. The second-order valence-corrected chi connectivity index (χ2v) is 4.46. The van der Waals surface area contributed by atoms with Gasteiger partial charge < -0.3 is 10.4 Å². The monoisotopic (exact) mass is 267 g/mol. The van der Waals surface area contributed by atoms with E-state index in [2.05, 4.69) is 5.32 Å². The maximum Gasteiger partial charge on any atom is 0.328 e. The molecule has 1 saturated carbocycles. The largest absolute Gasteiger partial charge is 0.480 e. The van der Waals surface area contributed by atoms with Crippen molar-refractivity contribution in [3.05, 3.63) is 33.1 Å². The number of carbonyl (C=O) groups is 2. The molecule has 8 heteroatoms. The number of hydrogen-bond donors (Lipinski definition) is 3. The Hall–Kier alpha value is -2.38. The average Bonchev–Trinajstić information content (AvgIpc) is 3.13. The van der Waals surface area contributed by atoms with Crippen LogP contribution in [0.1, 0.15) is 12.8 Å². The molecule has 1 unspecified atom stereocenters. The summed E-state index contributed by atoms with van der Waals surface area (Å²) in [5, 5.41) is 11.3. The first-order chi connectivity index (χ1) is 8.97. The predicted molar refractivity (Wildman–Crippen MR) is 63.6 cm³/mol. The summed E-state index contributed by atoms with van der Waals surface area (Å²) in [6.45, 7) is -0.327. The Morgan fingerprint density at radius 3 is 2.68 bits per heavy atom. The normalized spacial score (nSPS) is 15.8. The Morgan fingerprint density at radius 2 is 2.16 bits per heavy atom. The molecule has 0 bridgehead atoms. The Morgan fingerprint density at radius 1 is 1.47 bits per heavy atom. The fraction of sp³-hybridized carbons (Fsp3) is 0.455. The highest BCUT2D eigenvalue weighted by atomic mass is 16.4. The van der Waals surface area contributed by atoms with E-state index in [0.29, 0.717) is 0 Å². The SMILES string of the molecule is O=C(Cn1ccc(=O)[nH]c1=O)NC(C(=O)O)C1CC1. The molecule has 1 heterocycles. The molecule has 1 aliphatic rings. The quantitative estimate of drug-likeness (QED) is 0.600. The van der Waals surface area contributed by atoms with Crippen LogP contribution in [0.2, 0.25) is 0 Å². The highest BCUT2D eigenvalue weighted by Crippen LogP contribution is 2.32. The summed E-state index contributed by atoms with van der Waals surface area (Å²) in [4.78, 5) is 46.8. The molecule has 0 radical (unpaired) electrons. The number of amides is 1. The molecule has 1 aliphatic carbocycles. The lowest BCUT2D eigenvalue weighted by Crippen LogP contribution is -2.45. The maximum absolute atomic E-state index is 11.7. The summed E-state index contributed by atoms with van der Waals surface area (Å²) in [5.74, 6) is -1.69. The molecule has 0 spiro atoms. The number of nitrogens with zero attached hydrogens (tertiary/aromatic N) is 1. The standard InChI is InChI=1S/C11H13N3O5/c15-7-3-4-14(11(19)13-7)5-8(16)12-9(10(17)18)6-1-2-6/h3-4,6,9H,1-2,5H2,(H,12,16)(H,17,18)(H,13,15,19). The van der Waals surface area contributed by atoms with Crippen molar-refractivity contribution in [1.82, 2.24) is 14.9 Å². The molecule has 2 rings (SSSR count). The fourth-order valence-electron chi connectivity index (χ4n) is 1.75. The molecule has 3 N–H and O–H groups in total. The van der Waals surface area contributed by atoms with Gasteiger partial charge >= 0.3 is 11.7 Å². The molecule has 1 aromatic rings. The molecular weight excluding hydrogens is 254 g/mol. The second kappa shape index (κ2) is 5.09. The number of H-pyrrole nitrogens is 1. The number of carboxylic acid groups (broad SMARTS) is 1. The number of aromatic amines is 1. The van der Waals surface area contributed by atoms with Crippen molar-refractivity contribution >= 4 is 11.9 Å². The van der Waals surface area contributed by atoms with Gasteiger partial charge in [-0.3, -0.25) is 19.1 Å². The molecule has 102 valence electrons. The lowest BCUT2D eigenvalue weighted by atomic mass is 10.2. The van der Waals surface area contributed by atoms with E-state index in [1.165, 1.54) is 6.20 Å². The van der Waals surface area contributed by atoms with Crippen LogP contribution in [0.3, 0.4) is 0 Å². The van der Waals surface area contributed by atoms with Crippen molar-refractivity contribution in [2.75, 3.05) is 0 Å². The molecule has 1 fully saturated rings. The van der Waals surface area contributed by atoms with E-state index >= 15 is 0 Å². The van der Waals surface area contributed by atoms with Crippen molar-refractivity contribution in [3.8, 4) is 0 Å². The number of carboxylic acids is 1. The van der Waals surface area contributed by atoms with Gasteiger partial charge in [0, 0.05) is 12.3 Å². The fourth-order valence-corrected chi connectivity index (χ4v) is 1.75. The summed E-state index contributed by atoms with van der Waals surface area (Å²) >= 11 is 0. The van der Waals surface area contributed by atoms with Crippen molar-refractivity contribution < 1.29 is 14.7 Å². The zero-order valence-corrected chi connectivity index (χ0v) is 9.96. The zero-order chi connectivity index (χ0) is 14.0. The highest BCUT2D eigenvalue weighted by molar-refractivity contribution is 5.83. The van der Waals surface area contributed by atoms with Gasteiger partial charge in [-0.15, -0.1) is 0 Å². The van der Waals surface area contributed by atoms with Crippen LogP contribution in [-0.2, 0) is 16.1 Å². The first-order valence-corrected chi connectivity index (χ1v) is 5.79. The Kier molecular flexibility index (Phi) is 3.50. The van der Waals surface area contributed by atoms with Crippen LogP contribution in [0.4, 0.5) is 0 Å². The molecule has 19 heavy (non-hydrogen) atoms. The number of hydrogen-bond acceptors (Lipinski definition) is 4. The van der Waals surface area contributed by atoms with Gasteiger partial charge in [-0.1, -0.05) is 0 Å². The van der Waals surface area contributed by atoms with Crippen LogP contribution < -0.4 is 16.6 Å². The van der Waals surface area contributed by atoms with Gasteiger partial charge in [0.1, 0.15) is 12.6 Å². The van der Waals surface area contributed by atoms with Crippen LogP contribution in [0.25, 0.3) is 0 Å². The van der Waals surface area contributed by atoms with Gasteiger partial charge in [0.15, 0.2) is 0 Å². The Labute approximate surface area is 107 Å². The smallest absolute Gasteiger partial charge is 0.328 e. The molecule has 1 aromatic heterocycles. The van der Waals surface area contributed by atoms with Crippen LogP contribution in [0.15, 0.2) is 21.9 Å². The summed E-state index contributed by atoms with van der Waals surface area (Å²) in [5.41, 5.74) is -1.26. The summed E-state index contributed by atoms with van der Waals surface area (Å²) in [6, 6.07) is 0.204. The highest BCUT2D eigenvalue weighted by Gasteiger charge is 2.37. The van der Waals surface area contributed by atoms with E-state index in [1.807, 2.05) is 4.98 Å². The third-order valence-electron chi connectivity index (χ3n) is 2.89.